The Morgan fingerprint density at radius 2 is 2.00 bits per heavy atom. The Balaban J connectivity index is 2.42. The highest BCUT2D eigenvalue weighted by molar-refractivity contribution is 5.98. The molecule has 6 nitrogen and oxygen atoms in total. The highest BCUT2D eigenvalue weighted by Gasteiger charge is 2.09. The first kappa shape index (κ1) is 22.1. The lowest BCUT2D eigenvalue weighted by Crippen LogP contribution is -2.36. The Labute approximate surface area is 171 Å². The van der Waals surface area contributed by atoms with Crippen LogP contribution in [0.4, 0.5) is 4.39 Å². The summed E-state index contributed by atoms with van der Waals surface area (Å²) < 4.78 is 15.1. The molecule has 2 aromatic rings. The Hall–Kier alpha value is -3.22. The van der Waals surface area contributed by atoms with Gasteiger partial charge in [-0.1, -0.05) is 12.2 Å². The van der Waals surface area contributed by atoms with E-state index >= 15 is 0 Å². The number of nitrogens with zero attached hydrogens (tertiary/aromatic N) is 4. The number of hydrogen-bond acceptors (Lipinski definition) is 3. The van der Waals surface area contributed by atoms with Crippen LogP contribution < -0.4 is 21.2 Å². The second-order valence-corrected chi connectivity index (χ2v) is 7.07. The molecule has 0 saturated carbocycles. The fourth-order valence-electron chi connectivity index (χ4n) is 2.82. The summed E-state index contributed by atoms with van der Waals surface area (Å²) in [5.74, 6) is 1.65. The molecular weight excluding hydrogens is 367 g/mol. The van der Waals surface area contributed by atoms with Crippen LogP contribution in [0.15, 0.2) is 52.2 Å². The predicted octanol–water partition coefficient (Wildman–Crippen LogP) is 2.39. The van der Waals surface area contributed by atoms with Crippen LogP contribution in [-0.4, -0.2) is 28.3 Å². The van der Waals surface area contributed by atoms with E-state index in [1.165, 1.54) is 12.3 Å². The summed E-state index contributed by atoms with van der Waals surface area (Å²) in [6, 6.07) is 4.86. The lowest BCUT2D eigenvalue weighted by molar-refractivity contribution is 0.611. The number of allylic oxidation sites excluding steroid dienone is 1. The van der Waals surface area contributed by atoms with E-state index in [4.69, 9.17) is 4.99 Å². The predicted molar refractivity (Wildman–Crippen MR) is 118 cm³/mol. The van der Waals surface area contributed by atoms with Crippen LogP contribution in [0.2, 0.25) is 0 Å². The first-order valence-corrected chi connectivity index (χ1v) is 9.37. The molecule has 0 unspecified atom stereocenters. The number of rotatable bonds is 5. The molecule has 0 fully saturated rings. The quantitative estimate of drug-likeness (QED) is 0.602. The molecular formula is C22H29FN6. The normalized spacial score (nSPS) is 14.3. The number of nitrogens with one attached hydrogen (secondary N) is 2. The smallest absolute Gasteiger partial charge is 0.158 e. The highest BCUT2D eigenvalue weighted by Crippen LogP contribution is 2.09. The molecule has 0 amide bonds. The van der Waals surface area contributed by atoms with Crippen LogP contribution in [-0.2, 0) is 7.05 Å². The molecule has 0 aromatic carbocycles. The minimum atomic E-state index is -0.358. The minimum Gasteiger partial charge on any atom is -0.366 e. The number of hydrogen-bond donors (Lipinski definition) is 2. The van der Waals surface area contributed by atoms with E-state index in [0.717, 1.165) is 21.8 Å². The van der Waals surface area contributed by atoms with E-state index in [2.05, 4.69) is 27.2 Å². The lowest BCUT2D eigenvalue weighted by Gasteiger charge is -2.15. The van der Waals surface area contributed by atoms with Gasteiger partial charge in [-0.15, -0.1) is 0 Å². The lowest BCUT2D eigenvalue weighted by atomic mass is 10.2. The minimum absolute atomic E-state index is 0.134. The molecule has 0 aliphatic heterocycles. The molecule has 2 rings (SSSR count). The molecule has 0 saturated heterocycles. The number of aryl methyl sites for hydroxylation is 1. The molecule has 0 spiro atoms. The van der Waals surface area contributed by atoms with Crippen LogP contribution in [0.25, 0.3) is 12.4 Å². The molecule has 2 N–H and O–H groups in total. The zero-order valence-corrected chi connectivity index (χ0v) is 17.9. The van der Waals surface area contributed by atoms with Gasteiger partial charge in [0.2, 0.25) is 0 Å². The second-order valence-electron chi connectivity index (χ2n) is 7.07. The molecule has 1 atom stereocenters. The Morgan fingerprint density at radius 1 is 1.28 bits per heavy atom. The topological polar surface area (TPSA) is 66.6 Å². The van der Waals surface area contributed by atoms with Crippen LogP contribution in [0.1, 0.15) is 39.4 Å². The van der Waals surface area contributed by atoms with Gasteiger partial charge in [0.15, 0.2) is 5.82 Å². The number of aliphatic imine (C=N–C) groups is 2. The summed E-state index contributed by atoms with van der Waals surface area (Å²) in [5, 5.41) is 8.32. The summed E-state index contributed by atoms with van der Waals surface area (Å²) in [5.41, 5.74) is 1.85. The molecule has 0 radical (unpaired) electrons. The van der Waals surface area contributed by atoms with Gasteiger partial charge in [0.1, 0.15) is 17.5 Å². The van der Waals surface area contributed by atoms with E-state index < -0.39 is 0 Å². The van der Waals surface area contributed by atoms with Gasteiger partial charge in [0, 0.05) is 20.3 Å². The molecule has 0 aliphatic rings. The number of halogens is 1. The number of pyridine rings is 1. The molecule has 2 aromatic heterocycles. The molecule has 0 bridgehead atoms. The molecule has 7 heteroatoms. The third-order valence-corrected chi connectivity index (χ3v) is 4.19. The monoisotopic (exact) mass is 396 g/mol. The molecule has 29 heavy (non-hydrogen) atoms. The van der Waals surface area contributed by atoms with Crippen molar-refractivity contribution in [2.45, 2.75) is 33.7 Å². The third kappa shape index (κ3) is 6.14. The molecule has 154 valence electrons. The van der Waals surface area contributed by atoms with Crippen molar-refractivity contribution in [1.29, 1.82) is 0 Å². The van der Waals surface area contributed by atoms with Crippen molar-refractivity contribution in [2.75, 3.05) is 7.05 Å². The standard InChI is InChI=1S/C22H29FN6/c1-14(2)12-20(24-6)28-22(21-15(3)10-11-29(21)7)27-17(5)26-16(4)19-9-8-18(23)13-25-19/h8-13,16H,3H2,1-2,4-7H3,(H,24,28)(H,26,27)/b22-21-/t16-/m0/s1. The number of amidine groups is 2. The van der Waals surface area contributed by atoms with Crippen molar-refractivity contribution < 1.29 is 4.39 Å². The first-order valence-electron chi connectivity index (χ1n) is 9.37. The van der Waals surface area contributed by atoms with Gasteiger partial charge in [-0.05, 0) is 57.2 Å². The average molecular weight is 397 g/mol. The van der Waals surface area contributed by atoms with Gasteiger partial charge >= 0.3 is 0 Å². The molecule has 0 aliphatic carbocycles. The summed E-state index contributed by atoms with van der Waals surface area (Å²) in [4.78, 5) is 13.2. The van der Waals surface area contributed by atoms with Crippen molar-refractivity contribution in [1.82, 2.24) is 20.2 Å². The fourth-order valence-corrected chi connectivity index (χ4v) is 2.82. The summed E-state index contributed by atoms with van der Waals surface area (Å²) in [6.45, 7) is 11.9. The van der Waals surface area contributed by atoms with Gasteiger partial charge in [-0.25, -0.2) is 9.38 Å². The van der Waals surface area contributed by atoms with E-state index in [1.807, 2.05) is 57.6 Å². The van der Waals surface area contributed by atoms with E-state index in [-0.39, 0.29) is 11.9 Å². The first-order chi connectivity index (χ1) is 13.7. The maximum absolute atomic E-state index is 13.1. The van der Waals surface area contributed by atoms with Crippen LogP contribution in [0.3, 0.4) is 0 Å². The van der Waals surface area contributed by atoms with E-state index in [1.54, 1.807) is 13.1 Å². The van der Waals surface area contributed by atoms with Crippen LogP contribution in [0, 0.1) is 5.82 Å². The summed E-state index contributed by atoms with van der Waals surface area (Å²) in [7, 11) is 3.67. The van der Waals surface area contributed by atoms with E-state index in [0.29, 0.717) is 17.5 Å². The van der Waals surface area contributed by atoms with Gasteiger partial charge < -0.3 is 15.2 Å². The summed E-state index contributed by atoms with van der Waals surface area (Å²) >= 11 is 0. The SMILES string of the molecule is C=c1ccn(C)/c1=C(/N=C(\C)N[C@@H](C)c1ccc(F)cn1)N/C(C=C(C)C)=N/C. The summed E-state index contributed by atoms with van der Waals surface area (Å²) in [6.07, 6.45) is 5.10. The Morgan fingerprint density at radius 3 is 2.52 bits per heavy atom. The third-order valence-electron chi connectivity index (χ3n) is 4.19. The van der Waals surface area contributed by atoms with Crippen LogP contribution >= 0.6 is 0 Å². The van der Waals surface area contributed by atoms with Crippen molar-refractivity contribution in [2.24, 2.45) is 17.0 Å². The highest BCUT2D eigenvalue weighted by atomic mass is 19.1. The Kier molecular flexibility index (Phi) is 7.47. The number of aromatic nitrogens is 2. The largest absolute Gasteiger partial charge is 0.366 e. The van der Waals surface area contributed by atoms with Gasteiger partial charge in [0.25, 0.3) is 0 Å². The van der Waals surface area contributed by atoms with Gasteiger partial charge in [0.05, 0.1) is 23.3 Å². The van der Waals surface area contributed by atoms with Gasteiger partial charge in [-0.3, -0.25) is 9.98 Å². The Bertz CT molecular complexity index is 1040. The van der Waals surface area contributed by atoms with Crippen molar-refractivity contribution in [3.63, 3.8) is 0 Å². The van der Waals surface area contributed by atoms with Gasteiger partial charge in [-0.2, -0.15) is 0 Å². The zero-order valence-electron chi connectivity index (χ0n) is 17.9. The van der Waals surface area contributed by atoms with Crippen molar-refractivity contribution in [3.8, 4) is 0 Å². The maximum atomic E-state index is 13.1. The zero-order chi connectivity index (χ0) is 21.6. The van der Waals surface area contributed by atoms with Crippen LogP contribution in [0.5, 0.6) is 0 Å². The second kappa shape index (κ2) is 9.82. The molecule has 2 heterocycles. The van der Waals surface area contributed by atoms with Crippen molar-refractivity contribution >= 4 is 24.1 Å². The van der Waals surface area contributed by atoms with Crippen molar-refractivity contribution in [3.05, 3.63) is 64.3 Å². The van der Waals surface area contributed by atoms with E-state index in [9.17, 15) is 4.39 Å². The fraction of sp³-hybridized carbons (Fsp3) is 0.318. The average Bonchev–Trinajstić information content (AvgIpc) is 2.98. The maximum Gasteiger partial charge on any atom is 0.158 e.